The summed E-state index contributed by atoms with van der Waals surface area (Å²) in [5, 5.41) is 9.79. The molecule has 3 amide bonds. The van der Waals surface area contributed by atoms with Crippen LogP contribution in [-0.4, -0.2) is 53.6 Å². The molecular weight excluding hydrogens is 576 g/mol. The second kappa shape index (κ2) is 15.6. The highest BCUT2D eigenvalue weighted by Crippen LogP contribution is 2.25. The maximum absolute atomic E-state index is 13.9. The summed E-state index contributed by atoms with van der Waals surface area (Å²) < 4.78 is 0. The number of ketones is 1. The Kier molecular flexibility index (Phi) is 11.7. The third kappa shape index (κ3) is 9.00. The monoisotopic (exact) mass is 616 g/mol. The summed E-state index contributed by atoms with van der Waals surface area (Å²) in [5.41, 5.74) is 3.90. The summed E-state index contributed by atoms with van der Waals surface area (Å²) >= 11 is 6.16. The molecule has 9 heteroatoms. The van der Waals surface area contributed by atoms with Crippen LogP contribution in [0, 0.1) is 12.8 Å². The highest BCUT2D eigenvalue weighted by Gasteiger charge is 2.36. The Morgan fingerprint density at radius 2 is 1.64 bits per heavy atom. The van der Waals surface area contributed by atoms with E-state index in [-0.39, 0.29) is 37.0 Å². The number of fused-ring (bicyclic) bond motifs is 1. The number of nitrogens with one attached hydrogen (secondary N) is 3. The first kappa shape index (κ1) is 32.9. The minimum absolute atomic E-state index is 0.0152. The lowest BCUT2D eigenvalue weighted by Crippen LogP contribution is -2.56. The number of rotatable bonds is 13. The van der Waals surface area contributed by atoms with Crippen LogP contribution in [0.25, 0.3) is 0 Å². The number of carbonyl (C=O) groups is 4. The highest BCUT2D eigenvalue weighted by atomic mass is 35.5. The van der Waals surface area contributed by atoms with E-state index >= 15 is 0 Å². The topological polar surface area (TPSA) is 108 Å². The molecule has 2 atom stereocenters. The van der Waals surface area contributed by atoms with Crippen molar-refractivity contribution in [3.05, 3.63) is 100 Å². The van der Waals surface area contributed by atoms with Crippen molar-refractivity contribution in [1.82, 2.24) is 15.5 Å². The van der Waals surface area contributed by atoms with Gasteiger partial charge in [0.25, 0.3) is 0 Å². The van der Waals surface area contributed by atoms with Crippen LogP contribution >= 0.6 is 11.6 Å². The molecule has 0 saturated carbocycles. The number of hydrogen-bond donors (Lipinski definition) is 3. The van der Waals surface area contributed by atoms with Gasteiger partial charge in [0.15, 0.2) is 5.78 Å². The minimum atomic E-state index is -0.841. The molecule has 0 fully saturated rings. The quantitative estimate of drug-likeness (QED) is 0.178. The number of anilines is 1. The Balaban J connectivity index is 1.50. The fourth-order valence-corrected chi connectivity index (χ4v) is 5.40. The van der Waals surface area contributed by atoms with Gasteiger partial charge in [-0.25, -0.2) is 0 Å². The zero-order chi connectivity index (χ0) is 31.6. The molecule has 3 N–H and O–H groups in total. The zero-order valence-corrected chi connectivity index (χ0v) is 26.3. The number of hydrogen-bond acceptors (Lipinski definition) is 5. The Hall–Kier alpha value is -4.01. The van der Waals surface area contributed by atoms with Crippen molar-refractivity contribution in [2.45, 2.75) is 65.1 Å². The van der Waals surface area contributed by atoms with Crippen LogP contribution in [0.2, 0.25) is 5.02 Å². The van der Waals surface area contributed by atoms with Gasteiger partial charge in [-0.15, -0.1) is 0 Å². The van der Waals surface area contributed by atoms with Crippen LogP contribution in [0.4, 0.5) is 5.69 Å². The molecule has 4 rings (SSSR count). The molecule has 1 heterocycles. The summed E-state index contributed by atoms with van der Waals surface area (Å²) in [6, 6.07) is 20.2. The number of nitrogens with zero attached hydrogens (tertiary/aromatic N) is 1. The van der Waals surface area contributed by atoms with E-state index in [4.69, 9.17) is 11.6 Å². The second-order valence-corrected chi connectivity index (χ2v) is 12.1. The number of aryl methyl sites for hydroxylation is 1. The molecule has 0 unspecified atom stereocenters. The largest absolute Gasteiger partial charge is 0.342 e. The Morgan fingerprint density at radius 3 is 2.34 bits per heavy atom. The predicted octanol–water partition coefficient (Wildman–Crippen LogP) is 5.32. The Bertz CT molecular complexity index is 1480. The summed E-state index contributed by atoms with van der Waals surface area (Å²) in [6.07, 6.45) is 0.706. The van der Waals surface area contributed by atoms with E-state index in [1.165, 1.54) is 0 Å². The van der Waals surface area contributed by atoms with E-state index in [1.807, 2.05) is 37.3 Å². The molecular formula is C35H41ClN4O4. The van der Waals surface area contributed by atoms with Gasteiger partial charge in [0, 0.05) is 42.1 Å². The number of benzene rings is 3. The minimum Gasteiger partial charge on any atom is -0.342 e. The second-order valence-electron chi connectivity index (χ2n) is 11.7. The summed E-state index contributed by atoms with van der Waals surface area (Å²) in [5.74, 6) is -0.724. The van der Waals surface area contributed by atoms with Crippen molar-refractivity contribution in [1.29, 1.82) is 0 Å². The number of Topliss-reactive ketones (excluding diaryl/α,β-unsaturated/α-hetero) is 1. The molecule has 44 heavy (non-hydrogen) atoms. The molecule has 0 aliphatic carbocycles. The molecule has 0 bridgehead atoms. The predicted molar refractivity (Wildman–Crippen MR) is 174 cm³/mol. The summed E-state index contributed by atoms with van der Waals surface area (Å²) in [4.78, 5) is 55.2. The lowest BCUT2D eigenvalue weighted by molar-refractivity contribution is -0.142. The van der Waals surface area contributed by atoms with Gasteiger partial charge < -0.3 is 20.9 Å². The van der Waals surface area contributed by atoms with Crippen molar-refractivity contribution in [2.24, 2.45) is 5.92 Å². The first-order chi connectivity index (χ1) is 21.1. The van der Waals surface area contributed by atoms with Crippen LogP contribution < -0.4 is 16.0 Å². The normalized spacial score (nSPS) is 14.9. The maximum atomic E-state index is 13.9. The Labute approximate surface area is 264 Å². The van der Waals surface area contributed by atoms with Gasteiger partial charge in [-0.05, 0) is 67.2 Å². The third-order valence-electron chi connectivity index (χ3n) is 7.75. The number of amides is 3. The average Bonchev–Trinajstić information content (AvgIpc) is 3.02. The lowest BCUT2D eigenvalue weighted by Gasteiger charge is -2.37. The van der Waals surface area contributed by atoms with E-state index in [0.717, 1.165) is 23.2 Å². The lowest BCUT2D eigenvalue weighted by atomic mass is 9.92. The van der Waals surface area contributed by atoms with Gasteiger partial charge in [-0.3, -0.25) is 19.2 Å². The average molecular weight is 617 g/mol. The van der Waals surface area contributed by atoms with Gasteiger partial charge in [-0.2, -0.15) is 0 Å². The fraction of sp³-hybridized carbons (Fsp3) is 0.371. The third-order valence-corrected chi connectivity index (χ3v) is 8.18. The van der Waals surface area contributed by atoms with Crippen LogP contribution in [0.1, 0.15) is 60.2 Å². The van der Waals surface area contributed by atoms with E-state index in [1.54, 1.807) is 47.4 Å². The van der Waals surface area contributed by atoms with Crippen molar-refractivity contribution >= 4 is 40.8 Å². The van der Waals surface area contributed by atoms with Crippen molar-refractivity contribution < 1.29 is 19.2 Å². The van der Waals surface area contributed by atoms with E-state index in [0.29, 0.717) is 41.6 Å². The first-order valence-electron chi connectivity index (χ1n) is 15.1. The van der Waals surface area contributed by atoms with Crippen molar-refractivity contribution in [2.75, 3.05) is 18.4 Å². The molecule has 1 aliphatic heterocycles. The summed E-state index contributed by atoms with van der Waals surface area (Å²) in [7, 11) is 0. The standard InChI is InChI=1S/C35H41ClN4O4/c1-23(2)21-37-18-17-30(34(43)38-28-13-14-29(36)24(3)19-28)39-35(44)31-20-26-11-7-8-12-27(26)22-40(31)33(42)16-15-32(41)25-9-5-4-6-10-25/h4-14,19,23,30-31,37H,15-18,20-22H2,1-3H3,(H,38,43)(H,39,44)/t30-,31-/m0/s1. The fourth-order valence-electron chi connectivity index (χ4n) is 5.28. The zero-order valence-electron chi connectivity index (χ0n) is 25.6. The first-order valence-corrected chi connectivity index (χ1v) is 15.5. The molecule has 232 valence electrons. The molecule has 0 saturated heterocycles. The molecule has 0 spiro atoms. The van der Waals surface area contributed by atoms with Gasteiger partial charge in [0.2, 0.25) is 17.7 Å². The molecule has 0 radical (unpaired) electrons. The summed E-state index contributed by atoms with van der Waals surface area (Å²) in [6.45, 7) is 7.61. The highest BCUT2D eigenvalue weighted by molar-refractivity contribution is 6.31. The van der Waals surface area contributed by atoms with Crippen LogP contribution in [0.15, 0.2) is 72.8 Å². The van der Waals surface area contributed by atoms with Gasteiger partial charge >= 0.3 is 0 Å². The van der Waals surface area contributed by atoms with E-state index in [2.05, 4.69) is 29.8 Å². The maximum Gasteiger partial charge on any atom is 0.246 e. The Morgan fingerprint density at radius 1 is 0.932 bits per heavy atom. The van der Waals surface area contributed by atoms with Gasteiger partial charge in [-0.1, -0.05) is 80.0 Å². The van der Waals surface area contributed by atoms with Gasteiger partial charge in [0.05, 0.1) is 0 Å². The van der Waals surface area contributed by atoms with E-state index < -0.39 is 18.0 Å². The van der Waals surface area contributed by atoms with Crippen LogP contribution in [0.3, 0.4) is 0 Å². The van der Waals surface area contributed by atoms with Crippen molar-refractivity contribution in [3.63, 3.8) is 0 Å². The van der Waals surface area contributed by atoms with Gasteiger partial charge in [0.1, 0.15) is 12.1 Å². The molecule has 3 aromatic rings. The van der Waals surface area contributed by atoms with Crippen LogP contribution in [0.5, 0.6) is 0 Å². The number of carbonyl (C=O) groups excluding carboxylic acids is 4. The van der Waals surface area contributed by atoms with Crippen molar-refractivity contribution in [3.8, 4) is 0 Å². The molecule has 8 nitrogen and oxygen atoms in total. The smallest absolute Gasteiger partial charge is 0.246 e. The van der Waals surface area contributed by atoms with Crippen LogP contribution in [-0.2, 0) is 27.3 Å². The SMILES string of the molecule is Cc1cc(NC(=O)[C@H](CCNCC(C)C)NC(=O)[C@@H]2Cc3ccccc3CN2C(=O)CCC(=O)c2ccccc2)ccc1Cl. The van der Waals surface area contributed by atoms with E-state index in [9.17, 15) is 19.2 Å². The molecule has 1 aliphatic rings. The number of halogens is 1. The molecule has 0 aromatic heterocycles. The molecule has 3 aromatic carbocycles.